The van der Waals surface area contributed by atoms with Gasteiger partial charge >= 0.3 is 0 Å². The van der Waals surface area contributed by atoms with Crippen LogP contribution in [0.25, 0.3) is 0 Å². The first-order valence-corrected chi connectivity index (χ1v) is 6.31. The molecule has 0 unspecified atom stereocenters. The molecule has 2 rings (SSSR count). The highest BCUT2D eigenvalue weighted by Gasteiger charge is 2.07. The van der Waals surface area contributed by atoms with E-state index >= 15 is 0 Å². The van der Waals surface area contributed by atoms with Crippen molar-refractivity contribution in [3.8, 4) is 0 Å². The number of aryl methyl sites for hydroxylation is 2. The van der Waals surface area contributed by atoms with Crippen molar-refractivity contribution in [3.05, 3.63) is 40.8 Å². The lowest BCUT2D eigenvalue weighted by atomic mass is 10.3. The zero-order valence-electron chi connectivity index (χ0n) is 10.8. The van der Waals surface area contributed by atoms with Gasteiger partial charge in [0.25, 0.3) is 0 Å². The molecule has 1 atom stereocenters. The van der Waals surface area contributed by atoms with E-state index in [1.54, 1.807) is 6.20 Å². The maximum atomic E-state index is 5.80. The number of pyridine rings is 1. The third-order valence-electron chi connectivity index (χ3n) is 2.67. The van der Waals surface area contributed by atoms with Crippen molar-refractivity contribution in [2.24, 2.45) is 0 Å². The molecule has 2 heterocycles. The highest BCUT2D eigenvalue weighted by atomic mass is 35.5. The van der Waals surface area contributed by atoms with Gasteiger partial charge in [0.05, 0.1) is 17.3 Å². The molecule has 0 amide bonds. The summed E-state index contributed by atoms with van der Waals surface area (Å²) < 4.78 is 2.00. The molecule has 0 aliphatic heterocycles. The molecule has 0 aliphatic rings. The second kappa shape index (κ2) is 5.40. The van der Waals surface area contributed by atoms with Gasteiger partial charge in [-0.15, -0.1) is 0 Å². The maximum Gasteiger partial charge on any atom is 0.126 e. The van der Waals surface area contributed by atoms with Crippen LogP contribution in [0.3, 0.4) is 0 Å². The van der Waals surface area contributed by atoms with Crippen LogP contribution in [0.1, 0.15) is 18.3 Å². The Morgan fingerprint density at radius 2 is 2.17 bits per heavy atom. The molecule has 0 spiro atoms. The average molecular weight is 265 g/mol. The molecule has 18 heavy (non-hydrogen) atoms. The number of anilines is 1. The standard InChI is InChI=1S/C13H17ClN4/c1-9-6-11(3)18(17-9)8-10(2)16-13-5-4-12(14)7-15-13/h4-7,10H,8H2,1-3H3,(H,15,16)/t10-/m1/s1. The molecule has 0 aromatic carbocycles. The van der Waals surface area contributed by atoms with Gasteiger partial charge in [-0.1, -0.05) is 11.6 Å². The van der Waals surface area contributed by atoms with Gasteiger partial charge in [-0.3, -0.25) is 4.68 Å². The predicted octanol–water partition coefficient (Wildman–Crippen LogP) is 3.05. The van der Waals surface area contributed by atoms with Crippen molar-refractivity contribution in [2.45, 2.75) is 33.4 Å². The minimum absolute atomic E-state index is 0.247. The van der Waals surface area contributed by atoms with Crippen LogP contribution in [0.5, 0.6) is 0 Å². The number of nitrogens with zero attached hydrogens (tertiary/aromatic N) is 3. The molecular weight excluding hydrogens is 248 g/mol. The molecule has 0 saturated carbocycles. The van der Waals surface area contributed by atoms with E-state index in [0.29, 0.717) is 5.02 Å². The Balaban J connectivity index is 1.98. The van der Waals surface area contributed by atoms with Crippen molar-refractivity contribution in [2.75, 3.05) is 5.32 Å². The summed E-state index contributed by atoms with van der Waals surface area (Å²) >= 11 is 5.80. The fourth-order valence-electron chi connectivity index (χ4n) is 1.88. The Hall–Kier alpha value is -1.55. The van der Waals surface area contributed by atoms with Crippen LogP contribution >= 0.6 is 11.6 Å². The van der Waals surface area contributed by atoms with E-state index in [0.717, 1.165) is 18.1 Å². The Kier molecular flexibility index (Phi) is 3.87. The predicted molar refractivity (Wildman–Crippen MR) is 74.0 cm³/mol. The Morgan fingerprint density at radius 3 is 2.72 bits per heavy atom. The van der Waals surface area contributed by atoms with Crippen molar-refractivity contribution in [3.63, 3.8) is 0 Å². The van der Waals surface area contributed by atoms with Crippen LogP contribution in [0, 0.1) is 13.8 Å². The number of hydrogen-bond donors (Lipinski definition) is 1. The van der Waals surface area contributed by atoms with Gasteiger partial charge in [-0.2, -0.15) is 5.10 Å². The van der Waals surface area contributed by atoms with Gasteiger partial charge in [0.1, 0.15) is 5.82 Å². The van der Waals surface area contributed by atoms with E-state index in [1.165, 1.54) is 5.69 Å². The SMILES string of the molecule is Cc1cc(C)n(C[C@@H](C)Nc2ccc(Cl)cn2)n1. The molecule has 2 aromatic rings. The lowest BCUT2D eigenvalue weighted by Gasteiger charge is -2.15. The van der Waals surface area contributed by atoms with Crippen molar-refractivity contribution in [1.29, 1.82) is 0 Å². The van der Waals surface area contributed by atoms with Crippen molar-refractivity contribution in [1.82, 2.24) is 14.8 Å². The quantitative estimate of drug-likeness (QED) is 0.923. The van der Waals surface area contributed by atoms with Crippen LogP contribution in [0.4, 0.5) is 5.82 Å². The molecular formula is C13H17ClN4. The Morgan fingerprint density at radius 1 is 1.39 bits per heavy atom. The molecule has 2 aromatic heterocycles. The summed E-state index contributed by atoms with van der Waals surface area (Å²) in [6.45, 7) is 6.98. The summed E-state index contributed by atoms with van der Waals surface area (Å²) in [5.41, 5.74) is 2.22. The number of nitrogens with one attached hydrogen (secondary N) is 1. The van der Waals surface area contributed by atoms with Gasteiger partial charge < -0.3 is 5.32 Å². The average Bonchev–Trinajstić information content (AvgIpc) is 2.61. The first-order valence-electron chi connectivity index (χ1n) is 5.94. The summed E-state index contributed by atoms with van der Waals surface area (Å²) in [7, 11) is 0. The third kappa shape index (κ3) is 3.23. The summed E-state index contributed by atoms with van der Waals surface area (Å²) in [5.74, 6) is 0.827. The topological polar surface area (TPSA) is 42.7 Å². The molecule has 0 aliphatic carbocycles. The zero-order chi connectivity index (χ0) is 13.1. The lowest BCUT2D eigenvalue weighted by Crippen LogP contribution is -2.23. The number of hydrogen-bond acceptors (Lipinski definition) is 3. The zero-order valence-corrected chi connectivity index (χ0v) is 11.6. The van der Waals surface area contributed by atoms with E-state index in [-0.39, 0.29) is 6.04 Å². The Labute approximate surface area is 112 Å². The second-order valence-electron chi connectivity index (χ2n) is 4.52. The molecule has 5 heteroatoms. The minimum atomic E-state index is 0.247. The first-order chi connectivity index (χ1) is 8.54. The number of aromatic nitrogens is 3. The van der Waals surface area contributed by atoms with E-state index in [9.17, 15) is 0 Å². The molecule has 0 radical (unpaired) electrons. The number of halogens is 1. The molecule has 1 N–H and O–H groups in total. The molecule has 4 nitrogen and oxygen atoms in total. The number of rotatable bonds is 4. The van der Waals surface area contributed by atoms with Crippen LogP contribution in [-0.2, 0) is 6.54 Å². The van der Waals surface area contributed by atoms with Crippen LogP contribution in [-0.4, -0.2) is 20.8 Å². The van der Waals surface area contributed by atoms with Gasteiger partial charge in [0.2, 0.25) is 0 Å². The smallest absolute Gasteiger partial charge is 0.126 e. The van der Waals surface area contributed by atoms with E-state index in [2.05, 4.69) is 35.3 Å². The van der Waals surface area contributed by atoms with Crippen molar-refractivity contribution >= 4 is 17.4 Å². The normalized spacial score (nSPS) is 12.4. The van der Waals surface area contributed by atoms with E-state index < -0.39 is 0 Å². The third-order valence-corrected chi connectivity index (χ3v) is 2.90. The summed E-state index contributed by atoms with van der Waals surface area (Å²) in [6, 6.07) is 6.02. The lowest BCUT2D eigenvalue weighted by molar-refractivity contribution is 0.544. The highest BCUT2D eigenvalue weighted by Crippen LogP contribution is 2.11. The Bertz CT molecular complexity index is 518. The van der Waals surface area contributed by atoms with Crippen molar-refractivity contribution < 1.29 is 0 Å². The van der Waals surface area contributed by atoms with Gasteiger partial charge in [0, 0.05) is 17.9 Å². The van der Waals surface area contributed by atoms with Gasteiger partial charge in [-0.25, -0.2) is 4.98 Å². The van der Waals surface area contributed by atoms with Gasteiger partial charge in [0.15, 0.2) is 0 Å². The second-order valence-corrected chi connectivity index (χ2v) is 4.95. The van der Waals surface area contributed by atoms with E-state index in [4.69, 9.17) is 11.6 Å². The van der Waals surface area contributed by atoms with Crippen LogP contribution < -0.4 is 5.32 Å². The largest absolute Gasteiger partial charge is 0.366 e. The molecule has 0 fully saturated rings. The molecule has 96 valence electrons. The molecule has 0 saturated heterocycles. The summed E-state index contributed by atoms with van der Waals surface area (Å²) in [4.78, 5) is 4.21. The first kappa shape index (κ1) is 12.9. The fraction of sp³-hybridized carbons (Fsp3) is 0.385. The minimum Gasteiger partial charge on any atom is -0.366 e. The summed E-state index contributed by atoms with van der Waals surface area (Å²) in [5, 5.41) is 8.41. The highest BCUT2D eigenvalue weighted by molar-refractivity contribution is 6.30. The van der Waals surface area contributed by atoms with Crippen LogP contribution in [0.2, 0.25) is 5.02 Å². The van der Waals surface area contributed by atoms with E-state index in [1.807, 2.05) is 23.7 Å². The maximum absolute atomic E-state index is 5.80. The van der Waals surface area contributed by atoms with Crippen LogP contribution in [0.15, 0.2) is 24.4 Å². The monoisotopic (exact) mass is 264 g/mol. The fourth-order valence-corrected chi connectivity index (χ4v) is 1.99. The summed E-state index contributed by atoms with van der Waals surface area (Å²) in [6.07, 6.45) is 1.64. The van der Waals surface area contributed by atoms with Gasteiger partial charge in [-0.05, 0) is 39.0 Å². The molecule has 0 bridgehead atoms.